The maximum Gasteiger partial charge on any atom is 0.240 e. The summed E-state index contributed by atoms with van der Waals surface area (Å²) >= 11 is 1.68. The topological polar surface area (TPSA) is 74.0 Å². The van der Waals surface area contributed by atoms with Crippen molar-refractivity contribution in [3.63, 3.8) is 0 Å². The van der Waals surface area contributed by atoms with Gasteiger partial charge in [0.05, 0.1) is 12.1 Å². The molecule has 196 valence electrons. The summed E-state index contributed by atoms with van der Waals surface area (Å²) in [6, 6.07) is 15.0. The first-order valence-corrected chi connectivity index (χ1v) is 13.5. The number of nitrogens with two attached hydrogens (primary N) is 1. The van der Waals surface area contributed by atoms with E-state index in [9.17, 15) is 4.79 Å². The monoisotopic (exact) mass is 512 g/mol. The van der Waals surface area contributed by atoms with Crippen LogP contribution in [0.15, 0.2) is 53.9 Å². The molecule has 0 radical (unpaired) electrons. The smallest absolute Gasteiger partial charge is 0.240 e. The molecule has 0 aliphatic carbocycles. The quantitative estimate of drug-likeness (QED) is 0.312. The number of ether oxygens (including phenoxy) is 3. The summed E-state index contributed by atoms with van der Waals surface area (Å²) in [4.78, 5) is 15.6. The first-order chi connectivity index (χ1) is 17.1. The molecule has 6 nitrogen and oxygen atoms in total. The maximum atomic E-state index is 13.8. The standard InChI is InChI=1S/C29H40N2O4S/c1-7-33-28(34-8-2)20(3)31(18-22-19-36-26-12-10-9-11-24(22)26)27(32)25(30)17-21-13-15-23(16-14-21)35-29(4,5)6/h9-16,19-20,25,28H,7-8,17-18,30H2,1-6H3. The summed E-state index contributed by atoms with van der Waals surface area (Å²) in [5.74, 6) is 0.666. The zero-order valence-electron chi connectivity index (χ0n) is 22.3. The first kappa shape index (κ1) is 28.1. The number of nitrogens with zero attached hydrogens (tertiary/aromatic N) is 1. The molecule has 1 heterocycles. The minimum atomic E-state index is -0.698. The van der Waals surface area contributed by atoms with Crippen LogP contribution in [0.5, 0.6) is 5.75 Å². The van der Waals surface area contributed by atoms with Gasteiger partial charge in [0.15, 0.2) is 6.29 Å². The molecule has 0 aliphatic heterocycles. The lowest BCUT2D eigenvalue weighted by atomic mass is 10.0. The zero-order valence-corrected chi connectivity index (χ0v) is 23.1. The van der Waals surface area contributed by atoms with E-state index in [0.29, 0.717) is 26.2 Å². The number of amides is 1. The van der Waals surface area contributed by atoms with Gasteiger partial charge >= 0.3 is 0 Å². The van der Waals surface area contributed by atoms with Crippen LogP contribution in [-0.4, -0.2) is 48.0 Å². The van der Waals surface area contributed by atoms with Crippen molar-refractivity contribution in [2.75, 3.05) is 13.2 Å². The van der Waals surface area contributed by atoms with Gasteiger partial charge in [0.2, 0.25) is 5.91 Å². The Morgan fingerprint density at radius 2 is 1.67 bits per heavy atom. The summed E-state index contributed by atoms with van der Waals surface area (Å²) in [6.07, 6.45) is -0.106. The molecule has 7 heteroatoms. The van der Waals surface area contributed by atoms with Crippen LogP contribution in [0.25, 0.3) is 10.1 Å². The van der Waals surface area contributed by atoms with E-state index < -0.39 is 12.3 Å². The van der Waals surface area contributed by atoms with Crippen LogP contribution in [-0.2, 0) is 27.2 Å². The molecule has 0 saturated carbocycles. The molecule has 0 bridgehead atoms. The SMILES string of the molecule is CCOC(OCC)C(C)N(Cc1csc2ccccc12)C(=O)C(N)Cc1ccc(OC(C)(C)C)cc1. The summed E-state index contributed by atoms with van der Waals surface area (Å²) in [6.45, 7) is 13.3. The molecular formula is C29H40N2O4S. The molecule has 1 aromatic heterocycles. The van der Waals surface area contributed by atoms with Crippen molar-refractivity contribution in [3.05, 3.63) is 65.0 Å². The largest absolute Gasteiger partial charge is 0.488 e. The Balaban J connectivity index is 1.82. The fraction of sp³-hybridized carbons (Fsp3) is 0.483. The van der Waals surface area contributed by atoms with Gasteiger partial charge in [0.1, 0.15) is 11.4 Å². The second-order valence-electron chi connectivity index (χ2n) is 9.91. The Kier molecular flexibility index (Phi) is 9.91. The van der Waals surface area contributed by atoms with E-state index in [4.69, 9.17) is 19.9 Å². The predicted molar refractivity (Wildman–Crippen MR) is 147 cm³/mol. The van der Waals surface area contributed by atoms with E-state index in [2.05, 4.69) is 17.5 Å². The fourth-order valence-corrected chi connectivity index (χ4v) is 5.12. The van der Waals surface area contributed by atoms with Crippen molar-refractivity contribution in [3.8, 4) is 5.75 Å². The van der Waals surface area contributed by atoms with Crippen molar-refractivity contribution < 1.29 is 19.0 Å². The lowest BCUT2D eigenvalue weighted by Gasteiger charge is -2.35. The van der Waals surface area contributed by atoms with Crippen molar-refractivity contribution in [1.29, 1.82) is 0 Å². The Bertz CT molecular complexity index is 1100. The van der Waals surface area contributed by atoms with Crippen molar-refractivity contribution in [2.24, 2.45) is 5.73 Å². The van der Waals surface area contributed by atoms with Crippen molar-refractivity contribution in [2.45, 2.75) is 78.5 Å². The summed E-state index contributed by atoms with van der Waals surface area (Å²) in [5.41, 5.74) is 8.33. The van der Waals surface area contributed by atoms with E-state index in [-0.39, 0.29) is 17.6 Å². The molecule has 2 unspecified atom stereocenters. The third kappa shape index (κ3) is 7.53. The van der Waals surface area contributed by atoms with E-state index >= 15 is 0 Å². The summed E-state index contributed by atoms with van der Waals surface area (Å²) in [7, 11) is 0. The molecule has 36 heavy (non-hydrogen) atoms. The highest BCUT2D eigenvalue weighted by Gasteiger charge is 2.32. The van der Waals surface area contributed by atoms with Crippen LogP contribution in [0, 0.1) is 0 Å². The minimum absolute atomic E-state index is 0.128. The molecular weight excluding hydrogens is 472 g/mol. The highest BCUT2D eigenvalue weighted by Crippen LogP contribution is 2.28. The van der Waals surface area contributed by atoms with Gasteiger partial charge in [-0.3, -0.25) is 4.79 Å². The van der Waals surface area contributed by atoms with Gasteiger partial charge in [-0.25, -0.2) is 0 Å². The van der Waals surface area contributed by atoms with E-state index in [1.54, 1.807) is 11.3 Å². The van der Waals surface area contributed by atoms with E-state index in [1.807, 2.05) is 82.8 Å². The number of thiophene rings is 1. The third-order valence-corrected chi connectivity index (χ3v) is 6.86. The Labute approximate surface area is 219 Å². The number of rotatable bonds is 12. The molecule has 0 fully saturated rings. The Morgan fingerprint density at radius 3 is 2.28 bits per heavy atom. The molecule has 0 spiro atoms. The van der Waals surface area contributed by atoms with Gasteiger partial charge in [-0.2, -0.15) is 0 Å². The van der Waals surface area contributed by atoms with Gasteiger partial charge in [-0.1, -0.05) is 30.3 Å². The molecule has 0 saturated heterocycles. The van der Waals surface area contributed by atoms with Crippen LogP contribution in [0.1, 0.15) is 52.7 Å². The van der Waals surface area contributed by atoms with Crippen LogP contribution < -0.4 is 10.5 Å². The van der Waals surface area contributed by atoms with Crippen LogP contribution in [0.2, 0.25) is 0 Å². The average Bonchev–Trinajstić information content (AvgIpc) is 3.24. The molecule has 3 rings (SSSR count). The average molecular weight is 513 g/mol. The van der Waals surface area contributed by atoms with Gasteiger partial charge in [-0.15, -0.1) is 11.3 Å². The number of carbonyl (C=O) groups excluding carboxylic acids is 1. The highest BCUT2D eigenvalue weighted by atomic mass is 32.1. The lowest BCUT2D eigenvalue weighted by Crippen LogP contribution is -2.52. The second kappa shape index (κ2) is 12.7. The predicted octanol–water partition coefficient (Wildman–Crippen LogP) is 5.76. The van der Waals surface area contributed by atoms with Crippen molar-refractivity contribution in [1.82, 2.24) is 4.90 Å². The lowest BCUT2D eigenvalue weighted by molar-refractivity contribution is -0.179. The summed E-state index contributed by atoms with van der Waals surface area (Å²) < 4.78 is 18.8. The molecule has 2 atom stereocenters. The van der Waals surface area contributed by atoms with Gasteiger partial charge in [-0.05, 0) is 88.1 Å². The van der Waals surface area contributed by atoms with Crippen LogP contribution in [0.4, 0.5) is 0 Å². The van der Waals surface area contributed by atoms with Crippen molar-refractivity contribution >= 4 is 27.3 Å². The number of benzene rings is 2. The number of fused-ring (bicyclic) bond motifs is 1. The van der Waals surface area contributed by atoms with E-state index in [1.165, 1.54) is 4.70 Å². The number of carbonyl (C=O) groups is 1. The van der Waals surface area contributed by atoms with E-state index in [0.717, 1.165) is 22.3 Å². The second-order valence-corrected chi connectivity index (χ2v) is 10.8. The molecule has 2 aromatic carbocycles. The van der Waals surface area contributed by atoms with Gasteiger partial charge < -0.3 is 24.8 Å². The minimum Gasteiger partial charge on any atom is -0.488 e. The molecule has 0 aliphatic rings. The van der Waals surface area contributed by atoms with Crippen LogP contribution >= 0.6 is 11.3 Å². The number of hydrogen-bond donors (Lipinski definition) is 1. The van der Waals surface area contributed by atoms with Crippen LogP contribution in [0.3, 0.4) is 0 Å². The van der Waals surface area contributed by atoms with Gasteiger partial charge in [0, 0.05) is 24.5 Å². The Hall–Kier alpha value is -2.45. The maximum absolute atomic E-state index is 13.8. The fourth-order valence-electron chi connectivity index (χ4n) is 4.16. The first-order valence-electron chi connectivity index (χ1n) is 12.6. The third-order valence-electron chi connectivity index (χ3n) is 5.85. The molecule has 1 amide bonds. The zero-order chi connectivity index (χ0) is 26.3. The Morgan fingerprint density at radius 1 is 1.03 bits per heavy atom. The normalized spacial score (nSPS) is 13.7. The molecule has 2 N–H and O–H groups in total. The highest BCUT2D eigenvalue weighted by molar-refractivity contribution is 7.17. The summed E-state index contributed by atoms with van der Waals surface area (Å²) in [5, 5.41) is 3.27. The number of hydrogen-bond acceptors (Lipinski definition) is 6. The molecule has 3 aromatic rings. The van der Waals surface area contributed by atoms with Gasteiger partial charge in [0.25, 0.3) is 0 Å².